The van der Waals surface area contributed by atoms with Crippen LogP contribution >= 0.6 is 0 Å². The maximum absolute atomic E-state index is 11.1. The van der Waals surface area contributed by atoms with E-state index < -0.39 is 16.0 Å². The van der Waals surface area contributed by atoms with Gasteiger partial charge in [-0.2, -0.15) is 0 Å². The predicted molar refractivity (Wildman–Crippen MR) is 85.1 cm³/mol. The van der Waals surface area contributed by atoms with E-state index in [1.165, 1.54) is 36.4 Å². The van der Waals surface area contributed by atoms with Crippen molar-refractivity contribution in [3.8, 4) is 0 Å². The number of aromatic carboxylic acids is 1. The molecule has 0 spiro atoms. The van der Waals surface area contributed by atoms with Gasteiger partial charge >= 0.3 is 5.97 Å². The maximum Gasteiger partial charge on any atom is 0.335 e. The Labute approximate surface area is 154 Å². The minimum Gasteiger partial charge on any atom is -0.478 e. The average Bonchev–Trinajstić information content (AvgIpc) is 2.47. The molecule has 0 heterocycles. The number of carboxylic acid groups (broad SMARTS) is 1. The summed E-state index contributed by atoms with van der Waals surface area (Å²) in [7, 11) is -3.73. The zero-order valence-electron chi connectivity index (χ0n) is 12.2. The third-order valence-electron chi connectivity index (χ3n) is 2.64. The number of sulfonamides is 1. The number of benzene rings is 2. The first-order chi connectivity index (χ1) is 10.4. The van der Waals surface area contributed by atoms with E-state index in [2.05, 4.69) is 15.8 Å². The van der Waals surface area contributed by atoms with Gasteiger partial charge in [0.1, 0.15) is 0 Å². The first-order valence-electron chi connectivity index (χ1n) is 5.99. The second-order valence-corrected chi connectivity index (χ2v) is 5.79. The van der Waals surface area contributed by atoms with Gasteiger partial charge in [-0.05, 0) is 48.5 Å². The molecule has 0 saturated carbocycles. The first-order valence-corrected chi connectivity index (χ1v) is 7.54. The van der Waals surface area contributed by atoms with Crippen molar-refractivity contribution in [2.24, 2.45) is 15.5 Å². The van der Waals surface area contributed by atoms with Crippen molar-refractivity contribution in [3.63, 3.8) is 0 Å². The summed E-state index contributed by atoms with van der Waals surface area (Å²) in [5.41, 5.74) is 3.79. The van der Waals surface area contributed by atoms with Crippen LogP contribution in [-0.4, -0.2) is 49.1 Å². The summed E-state index contributed by atoms with van der Waals surface area (Å²) < 4.78 is 22.2. The van der Waals surface area contributed by atoms with Crippen LogP contribution in [0.15, 0.2) is 63.8 Å². The molecule has 0 atom stereocenters. The van der Waals surface area contributed by atoms with Crippen molar-refractivity contribution >= 4 is 56.9 Å². The fourth-order valence-electron chi connectivity index (χ4n) is 1.53. The van der Waals surface area contributed by atoms with Gasteiger partial charge in [0.05, 0.1) is 21.8 Å². The predicted octanol–water partition coefficient (Wildman–Crippen LogP) is 1.76. The van der Waals surface area contributed by atoms with Gasteiger partial charge in [-0.15, -0.1) is 5.11 Å². The molecule has 23 heavy (non-hydrogen) atoms. The molecule has 0 aliphatic carbocycles. The summed E-state index contributed by atoms with van der Waals surface area (Å²) in [5, 5.41) is 21.3. The number of hydrogen-bond acceptors (Lipinski definition) is 5. The fraction of sp³-hybridized carbons (Fsp3) is 0. The van der Waals surface area contributed by atoms with Crippen LogP contribution in [0.1, 0.15) is 10.4 Å². The molecule has 0 aromatic heterocycles. The molecule has 0 amide bonds. The van der Waals surface area contributed by atoms with Crippen LogP contribution in [0.3, 0.4) is 0 Å². The Balaban J connectivity index is 0.00000264. The van der Waals surface area contributed by atoms with Gasteiger partial charge < -0.3 is 5.11 Å². The molecule has 0 saturated heterocycles. The Hall–Kier alpha value is -1.78. The standard InChI is InChI=1S/C13H12N4O4S.Na/c14-22(20,21)12-7-5-11(6-8-12)16-17-15-10-3-1-9(2-4-10)13(18)19;/h1-8H,(H,15,16)(H,18,19)(H2,14,20,21);. The van der Waals surface area contributed by atoms with Crippen LogP contribution in [0, 0.1) is 0 Å². The van der Waals surface area contributed by atoms with Crippen molar-refractivity contribution in [1.82, 2.24) is 0 Å². The van der Waals surface area contributed by atoms with Crippen LogP contribution in [0.2, 0.25) is 0 Å². The summed E-state index contributed by atoms with van der Waals surface area (Å²) in [6.07, 6.45) is 0. The number of carbonyl (C=O) groups is 1. The Morgan fingerprint density at radius 2 is 1.61 bits per heavy atom. The van der Waals surface area contributed by atoms with E-state index in [1.807, 2.05) is 0 Å². The summed E-state index contributed by atoms with van der Waals surface area (Å²) in [6, 6.07) is 11.5. The summed E-state index contributed by atoms with van der Waals surface area (Å²) in [5.74, 6) is -1.01. The first kappa shape index (κ1) is 19.3. The van der Waals surface area contributed by atoms with Crippen molar-refractivity contribution in [2.45, 2.75) is 4.90 Å². The van der Waals surface area contributed by atoms with E-state index in [0.717, 1.165) is 0 Å². The van der Waals surface area contributed by atoms with Crippen molar-refractivity contribution in [2.75, 3.05) is 5.43 Å². The molecule has 1 radical (unpaired) electrons. The molecule has 0 aliphatic heterocycles. The van der Waals surface area contributed by atoms with Gasteiger partial charge in [-0.3, -0.25) is 5.43 Å². The fourth-order valence-corrected chi connectivity index (χ4v) is 2.05. The molecule has 8 nitrogen and oxygen atoms in total. The SMILES string of the molecule is NS(=O)(=O)c1ccc(N=NNc2ccc(C(=O)O)cc2)cc1.[Na]. The van der Waals surface area contributed by atoms with E-state index in [-0.39, 0.29) is 40.0 Å². The Kier molecular flexibility index (Phi) is 6.85. The smallest absolute Gasteiger partial charge is 0.335 e. The molecule has 0 unspecified atom stereocenters. The number of nitrogens with one attached hydrogen (secondary N) is 1. The topological polar surface area (TPSA) is 134 Å². The van der Waals surface area contributed by atoms with Gasteiger partial charge in [0, 0.05) is 29.6 Å². The zero-order chi connectivity index (χ0) is 16.2. The number of primary sulfonamides is 1. The van der Waals surface area contributed by atoms with Crippen LogP contribution in [0.5, 0.6) is 0 Å². The summed E-state index contributed by atoms with van der Waals surface area (Å²) in [4.78, 5) is 10.7. The van der Waals surface area contributed by atoms with Crippen LogP contribution < -0.4 is 10.6 Å². The third kappa shape index (κ3) is 5.73. The van der Waals surface area contributed by atoms with E-state index >= 15 is 0 Å². The molecule has 0 fully saturated rings. The largest absolute Gasteiger partial charge is 0.478 e. The second kappa shape index (κ2) is 8.18. The number of carboxylic acids is 1. The number of rotatable bonds is 5. The van der Waals surface area contributed by atoms with Gasteiger partial charge in [0.2, 0.25) is 10.0 Å². The quantitative estimate of drug-likeness (QED) is 0.432. The number of hydrogen-bond donors (Lipinski definition) is 3. The van der Waals surface area contributed by atoms with Gasteiger partial charge in [0.15, 0.2) is 0 Å². The van der Waals surface area contributed by atoms with Crippen molar-refractivity contribution in [1.29, 1.82) is 0 Å². The average molecular weight is 343 g/mol. The number of anilines is 1. The normalized spacial score (nSPS) is 11.0. The van der Waals surface area contributed by atoms with Crippen LogP contribution in [-0.2, 0) is 10.0 Å². The van der Waals surface area contributed by atoms with Gasteiger partial charge in [0.25, 0.3) is 0 Å². The zero-order valence-corrected chi connectivity index (χ0v) is 15.0. The monoisotopic (exact) mass is 343 g/mol. The molecule has 2 aromatic carbocycles. The minimum atomic E-state index is -3.73. The molecular formula is C13H12N4NaO4S. The van der Waals surface area contributed by atoms with Gasteiger partial charge in [-0.1, -0.05) is 5.22 Å². The Morgan fingerprint density at radius 1 is 1.04 bits per heavy atom. The van der Waals surface area contributed by atoms with E-state index in [0.29, 0.717) is 11.4 Å². The Morgan fingerprint density at radius 3 is 2.09 bits per heavy atom. The second-order valence-electron chi connectivity index (χ2n) is 4.23. The molecule has 0 bridgehead atoms. The molecule has 115 valence electrons. The molecule has 0 aliphatic rings. The Bertz CT molecular complexity index is 805. The van der Waals surface area contributed by atoms with Crippen LogP contribution in [0.25, 0.3) is 0 Å². The molecular weight excluding hydrogens is 331 g/mol. The molecule has 10 heteroatoms. The van der Waals surface area contributed by atoms with E-state index in [9.17, 15) is 13.2 Å². The summed E-state index contributed by atoms with van der Waals surface area (Å²) in [6.45, 7) is 0. The van der Waals surface area contributed by atoms with Crippen LogP contribution in [0.4, 0.5) is 11.4 Å². The van der Waals surface area contributed by atoms with E-state index in [4.69, 9.17) is 10.2 Å². The molecule has 4 N–H and O–H groups in total. The molecule has 2 rings (SSSR count). The third-order valence-corrected chi connectivity index (χ3v) is 3.57. The van der Waals surface area contributed by atoms with E-state index in [1.54, 1.807) is 12.1 Å². The molecule has 2 aromatic rings. The maximum atomic E-state index is 11.1. The van der Waals surface area contributed by atoms with Crippen molar-refractivity contribution in [3.05, 3.63) is 54.1 Å². The van der Waals surface area contributed by atoms with Crippen molar-refractivity contribution < 1.29 is 18.3 Å². The number of nitrogens with zero attached hydrogens (tertiary/aromatic N) is 2. The minimum absolute atomic E-state index is 0. The number of nitrogens with two attached hydrogens (primary N) is 1. The van der Waals surface area contributed by atoms with Gasteiger partial charge in [-0.25, -0.2) is 18.4 Å². The summed E-state index contributed by atoms with van der Waals surface area (Å²) >= 11 is 0.